The van der Waals surface area contributed by atoms with E-state index in [1.54, 1.807) is 0 Å². The standard InChI is InChI=1S/C16H16BrNO2/c1-12(13-7-9-14(17)10-8-13)18-16(19)11-20-15-5-3-2-4-6-15/h2-10,12H,11H2,1H3,(H,18,19). The van der Waals surface area contributed by atoms with Crippen LogP contribution in [0.3, 0.4) is 0 Å². The van der Waals surface area contributed by atoms with Gasteiger partial charge in [-0.2, -0.15) is 0 Å². The summed E-state index contributed by atoms with van der Waals surface area (Å²) in [4.78, 5) is 11.8. The highest BCUT2D eigenvalue weighted by molar-refractivity contribution is 9.10. The molecular weight excluding hydrogens is 318 g/mol. The fourth-order valence-electron chi connectivity index (χ4n) is 1.78. The lowest BCUT2D eigenvalue weighted by Crippen LogP contribution is -2.31. The van der Waals surface area contributed by atoms with E-state index < -0.39 is 0 Å². The average Bonchev–Trinajstić information content (AvgIpc) is 2.47. The molecule has 1 N–H and O–H groups in total. The lowest BCUT2D eigenvalue weighted by Gasteiger charge is -2.14. The Balaban J connectivity index is 1.83. The van der Waals surface area contributed by atoms with Crippen LogP contribution < -0.4 is 10.1 Å². The van der Waals surface area contributed by atoms with Gasteiger partial charge >= 0.3 is 0 Å². The smallest absolute Gasteiger partial charge is 0.258 e. The molecule has 0 heterocycles. The van der Waals surface area contributed by atoms with Crippen molar-refractivity contribution >= 4 is 21.8 Å². The minimum Gasteiger partial charge on any atom is -0.484 e. The highest BCUT2D eigenvalue weighted by Crippen LogP contribution is 2.16. The summed E-state index contributed by atoms with van der Waals surface area (Å²) < 4.78 is 6.42. The second-order valence-electron chi connectivity index (χ2n) is 4.44. The Bertz CT molecular complexity index is 554. The van der Waals surface area contributed by atoms with Crippen molar-refractivity contribution in [2.45, 2.75) is 13.0 Å². The Morgan fingerprint density at radius 1 is 1.15 bits per heavy atom. The lowest BCUT2D eigenvalue weighted by molar-refractivity contribution is -0.123. The van der Waals surface area contributed by atoms with Crippen molar-refractivity contribution in [3.8, 4) is 5.75 Å². The highest BCUT2D eigenvalue weighted by Gasteiger charge is 2.09. The van der Waals surface area contributed by atoms with E-state index >= 15 is 0 Å². The van der Waals surface area contributed by atoms with E-state index in [4.69, 9.17) is 4.74 Å². The monoisotopic (exact) mass is 333 g/mol. The average molecular weight is 334 g/mol. The first-order valence-electron chi connectivity index (χ1n) is 6.38. The van der Waals surface area contributed by atoms with Crippen LogP contribution in [0.2, 0.25) is 0 Å². The van der Waals surface area contributed by atoms with E-state index in [9.17, 15) is 4.79 Å². The van der Waals surface area contributed by atoms with Crippen LogP contribution in [0.4, 0.5) is 0 Å². The van der Waals surface area contributed by atoms with Gasteiger partial charge in [0.05, 0.1) is 6.04 Å². The number of amides is 1. The Kier molecular flexibility index (Phi) is 5.18. The molecule has 0 saturated heterocycles. The van der Waals surface area contributed by atoms with E-state index in [2.05, 4.69) is 21.2 Å². The minimum absolute atomic E-state index is 0.0187. The van der Waals surface area contributed by atoms with E-state index in [1.165, 1.54) is 0 Å². The van der Waals surface area contributed by atoms with Gasteiger partial charge in [-0.05, 0) is 36.8 Å². The molecule has 3 nitrogen and oxygen atoms in total. The predicted octanol–water partition coefficient (Wildman–Crippen LogP) is 3.71. The number of para-hydroxylation sites is 1. The van der Waals surface area contributed by atoms with Gasteiger partial charge in [-0.15, -0.1) is 0 Å². The molecule has 0 bridgehead atoms. The molecule has 1 unspecified atom stereocenters. The summed E-state index contributed by atoms with van der Waals surface area (Å²) >= 11 is 3.39. The lowest BCUT2D eigenvalue weighted by atomic mass is 10.1. The van der Waals surface area contributed by atoms with Gasteiger partial charge in [-0.3, -0.25) is 4.79 Å². The van der Waals surface area contributed by atoms with Crippen LogP contribution >= 0.6 is 15.9 Å². The van der Waals surface area contributed by atoms with E-state index in [-0.39, 0.29) is 18.6 Å². The van der Waals surface area contributed by atoms with Gasteiger partial charge in [0.25, 0.3) is 5.91 Å². The topological polar surface area (TPSA) is 38.3 Å². The molecule has 0 spiro atoms. The van der Waals surface area contributed by atoms with Crippen LogP contribution in [0, 0.1) is 0 Å². The number of hydrogen-bond acceptors (Lipinski definition) is 2. The molecule has 1 atom stereocenters. The van der Waals surface area contributed by atoms with Crippen molar-refractivity contribution in [3.63, 3.8) is 0 Å². The number of benzene rings is 2. The van der Waals surface area contributed by atoms with Crippen LogP contribution in [0.15, 0.2) is 59.1 Å². The Hall–Kier alpha value is -1.81. The first-order chi connectivity index (χ1) is 9.65. The van der Waals surface area contributed by atoms with Gasteiger partial charge in [0, 0.05) is 4.47 Å². The zero-order valence-electron chi connectivity index (χ0n) is 11.2. The molecular formula is C16H16BrNO2. The van der Waals surface area contributed by atoms with Crippen molar-refractivity contribution in [3.05, 3.63) is 64.6 Å². The molecule has 1 amide bonds. The molecule has 0 saturated carbocycles. The van der Waals surface area contributed by atoms with Gasteiger partial charge in [-0.25, -0.2) is 0 Å². The number of rotatable bonds is 5. The molecule has 0 aromatic heterocycles. The number of carbonyl (C=O) groups is 1. The summed E-state index contributed by atoms with van der Waals surface area (Å²) in [7, 11) is 0. The van der Waals surface area contributed by atoms with Crippen molar-refractivity contribution in [1.29, 1.82) is 0 Å². The normalized spacial score (nSPS) is 11.7. The predicted molar refractivity (Wildman–Crippen MR) is 82.6 cm³/mol. The van der Waals surface area contributed by atoms with Gasteiger partial charge in [0.1, 0.15) is 5.75 Å². The van der Waals surface area contributed by atoms with Crippen LogP contribution in [-0.2, 0) is 4.79 Å². The summed E-state index contributed by atoms with van der Waals surface area (Å²) in [5.41, 5.74) is 1.06. The number of hydrogen-bond donors (Lipinski definition) is 1. The van der Waals surface area contributed by atoms with Crippen molar-refractivity contribution in [2.75, 3.05) is 6.61 Å². The SMILES string of the molecule is CC(NC(=O)COc1ccccc1)c1ccc(Br)cc1. The molecule has 4 heteroatoms. The van der Waals surface area contributed by atoms with Gasteiger partial charge < -0.3 is 10.1 Å². The van der Waals surface area contributed by atoms with E-state index in [0.717, 1.165) is 10.0 Å². The number of nitrogens with one attached hydrogen (secondary N) is 1. The first kappa shape index (κ1) is 14.6. The first-order valence-corrected chi connectivity index (χ1v) is 7.17. The fraction of sp³-hybridized carbons (Fsp3) is 0.188. The Labute approximate surface area is 127 Å². The van der Waals surface area contributed by atoms with Crippen molar-refractivity contribution in [1.82, 2.24) is 5.32 Å². The zero-order chi connectivity index (χ0) is 14.4. The second kappa shape index (κ2) is 7.10. The molecule has 0 aliphatic rings. The summed E-state index contributed by atoms with van der Waals surface area (Å²) in [6, 6.07) is 17.1. The van der Waals surface area contributed by atoms with E-state index in [1.807, 2.05) is 61.5 Å². The van der Waals surface area contributed by atoms with Crippen LogP contribution in [0.25, 0.3) is 0 Å². The Morgan fingerprint density at radius 3 is 2.45 bits per heavy atom. The molecule has 20 heavy (non-hydrogen) atoms. The Morgan fingerprint density at radius 2 is 1.80 bits per heavy atom. The maximum atomic E-state index is 11.8. The molecule has 2 aromatic rings. The summed E-state index contributed by atoms with van der Waals surface area (Å²) in [6.07, 6.45) is 0. The summed E-state index contributed by atoms with van der Waals surface area (Å²) in [6.45, 7) is 1.97. The van der Waals surface area contributed by atoms with Gasteiger partial charge in [0.2, 0.25) is 0 Å². The summed E-state index contributed by atoms with van der Waals surface area (Å²) in [5, 5.41) is 2.91. The molecule has 2 rings (SSSR count). The third-order valence-electron chi connectivity index (χ3n) is 2.86. The number of carbonyl (C=O) groups excluding carboxylic acids is 1. The fourth-order valence-corrected chi connectivity index (χ4v) is 2.05. The molecule has 2 aromatic carbocycles. The van der Waals surface area contributed by atoms with Gasteiger partial charge in [0.15, 0.2) is 6.61 Å². The van der Waals surface area contributed by atoms with Crippen LogP contribution in [0.5, 0.6) is 5.75 Å². The molecule has 0 radical (unpaired) electrons. The number of ether oxygens (including phenoxy) is 1. The second-order valence-corrected chi connectivity index (χ2v) is 5.36. The maximum absolute atomic E-state index is 11.8. The number of halogens is 1. The third-order valence-corrected chi connectivity index (χ3v) is 3.39. The summed E-state index contributed by atoms with van der Waals surface area (Å²) in [5.74, 6) is 0.559. The van der Waals surface area contributed by atoms with Crippen LogP contribution in [-0.4, -0.2) is 12.5 Å². The molecule has 0 fully saturated rings. The van der Waals surface area contributed by atoms with Gasteiger partial charge in [-0.1, -0.05) is 46.3 Å². The molecule has 0 aliphatic heterocycles. The third kappa shape index (κ3) is 4.38. The quantitative estimate of drug-likeness (QED) is 0.905. The minimum atomic E-state index is -0.135. The highest BCUT2D eigenvalue weighted by atomic mass is 79.9. The maximum Gasteiger partial charge on any atom is 0.258 e. The largest absolute Gasteiger partial charge is 0.484 e. The molecule has 0 aliphatic carbocycles. The van der Waals surface area contributed by atoms with Crippen molar-refractivity contribution in [2.24, 2.45) is 0 Å². The van der Waals surface area contributed by atoms with Crippen LogP contribution in [0.1, 0.15) is 18.5 Å². The van der Waals surface area contributed by atoms with Crippen molar-refractivity contribution < 1.29 is 9.53 Å². The zero-order valence-corrected chi connectivity index (χ0v) is 12.8. The van der Waals surface area contributed by atoms with E-state index in [0.29, 0.717) is 5.75 Å². The molecule has 104 valence electrons.